The molecule has 0 unspecified atom stereocenters. The van der Waals surface area contributed by atoms with Crippen molar-refractivity contribution in [1.29, 1.82) is 5.26 Å². The number of nitrogens with one attached hydrogen (secondary N) is 1. The Morgan fingerprint density at radius 1 is 1.55 bits per heavy atom. The number of carboxylic acids is 1. The average molecular weight is 284 g/mol. The molecule has 9 heteroatoms. The molecule has 0 amide bonds. The molecule has 0 aliphatic carbocycles. The van der Waals surface area contributed by atoms with E-state index in [1.807, 2.05) is 0 Å². The Balaban J connectivity index is 2.59. The van der Waals surface area contributed by atoms with E-state index in [1.54, 1.807) is 6.07 Å². The van der Waals surface area contributed by atoms with Gasteiger partial charge in [-0.2, -0.15) is 18.4 Å². The predicted molar refractivity (Wildman–Crippen MR) is 60.2 cm³/mol. The predicted octanol–water partition coefficient (Wildman–Crippen LogP) is 1.18. The van der Waals surface area contributed by atoms with Gasteiger partial charge in [-0.05, 0) is 6.07 Å². The highest BCUT2D eigenvalue weighted by molar-refractivity contribution is 5.90. The van der Waals surface area contributed by atoms with Crippen molar-refractivity contribution in [1.82, 2.24) is 10.4 Å². The molecule has 0 atom stereocenters. The molecular formula is C11H7F3N4O2. The molecule has 2 heterocycles. The highest BCUT2D eigenvalue weighted by Gasteiger charge is 2.46. The van der Waals surface area contributed by atoms with Crippen molar-refractivity contribution >= 4 is 11.7 Å². The third kappa shape index (κ3) is 2.28. The SMILES string of the molecule is N#Cc1cnccc1N1NCC(C(=O)O)=C1C(F)(F)F. The van der Waals surface area contributed by atoms with Gasteiger partial charge in [0.1, 0.15) is 6.07 Å². The number of anilines is 1. The van der Waals surface area contributed by atoms with Crippen LogP contribution in [0.15, 0.2) is 29.7 Å². The molecule has 1 aromatic heterocycles. The summed E-state index contributed by atoms with van der Waals surface area (Å²) in [6.45, 7) is -0.489. The second-order valence-electron chi connectivity index (χ2n) is 3.81. The Labute approximate surface area is 110 Å². The number of aromatic nitrogens is 1. The molecule has 1 aliphatic rings. The largest absolute Gasteiger partial charge is 0.478 e. The van der Waals surface area contributed by atoms with Gasteiger partial charge in [-0.15, -0.1) is 0 Å². The van der Waals surface area contributed by atoms with Crippen LogP contribution in [0, 0.1) is 11.3 Å². The van der Waals surface area contributed by atoms with Crippen LogP contribution in [0.3, 0.4) is 0 Å². The maximum absolute atomic E-state index is 13.0. The Bertz CT molecular complexity index is 633. The standard InChI is InChI=1S/C11H7F3N4O2/c12-11(13,14)9-7(10(19)20)5-17-18(9)8-1-2-16-4-6(8)3-15/h1-2,4,17H,5H2,(H,19,20). The minimum Gasteiger partial charge on any atom is -0.478 e. The Morgan fingerprint density at radius 2 is 2.25 bits per heavy atom. The first kappa shape index (κ1) is 13.8. The fourth-order valence-electron chi connectivity index (χ4n) is 1.80. The number of hydrogen-bond donors (Lipinski definition) is 2. The lowest BCUT2D eigenvalue weighted by atomic mass is 10.2. The van der Waals surface area contributed by atoms with Crippen LogP contribution in [-0.2, 0) is 4.79 Å². The van der Waals surface area contributed by atoms with Gasteiger partial charge >= 0.3 is 12.1 Å². The van der Waals surface area contributed by atoms with E-state index in [1.165, 1.54) is 12.3 Å². The summed E-state index contributed by atoms with van der Waals surface area (Å²) in [6.07, 6.45) is -2.55. The van der Waals surface area contributed by atoms with E-state index in [0.29, 0.717) is 5.01 Å². The summed E-state index contributed by atoms with van der Waals surface area (Å²) < 4.78 is 39.1. The van der Waals surface area contributed by atoms with E-state index in [4.69, 9.17) is 10.4 Å². The van der Waals surface area contributed by atoms with Crippen molar-refractivity contribution < 1.29 is 23.1 Å². The first-order valence-corrected chi connectivity index (χ1v) is 5.27. The molecule has 0 fully saturated rings. The van der Waals surface area contributed by atoms with Gasteiger partial charge in [-0.1, -0.05) is 0 Å². The molecule has 0 radical (unpaired) electrons. The first-order valence-electron chi connectivity index (χ1n) is 5.27. The normalized spacial score (nSPS) is 15.4. The van der Waals surface area contributed by atoms with Crippen molar-refractivity contribution in [2.45, 2.75) is 6.18 Å². The molecule has 6 nitrogen and oxygen atoms in total. The van der Waals surface area contributed by atoms with Crippen LogP contribution in [0.2, 0.25) is 0 Å². The van der Waals surface area contributed by atoms with Crippen LogP contribution < -0.4 is 10.4 Å². The topological polar surface area (TPSA) is 89.3 Å². The third-order valence-corrected chi connectivity index (χ3v) is 2.61. The van der Waals surface area contributed by atoms with E-state index < -0.39 is 30.0 Å². The maximum atomic E-state index is 13.0. The zero-order valence-electron chi connectivity index (χ0n) is 9.77. The maximum Gasteiger partial charge on any atom is 0.433 e. The van der Waals surface area contributed by atoms with Crippen LogP contribution in [0.25, 0.3) is 0 Å². The van der Waals surface area contributed by atoms with Crippen LogP contribution >= 0.6 is 0 Å². The fraction of sp³-hybridized carbons (Fsp3) is 0.182. The number of nitriles is 1. The monoisotopic (exact) mass is 284 g/mol. The number of halogens is 3. The minimum absolute atomic E-state index is 0.103. The second kappa shape index (κ2) is 4.82. The highest BCUT2D eigenvalue weighted by Crippen LogP contribution is 2.36. The quantitative estimate of drug-likeness (QED) is 0.847. The molecule has 1 aliphatic heterocycles. The van der Waals surface area contributed by atoms with E-state index in [2.05, 4.69) is 10.4 Å². The van der Waals surface area contributed by atoms with Crippen molar-refractivity contribution in [3.05, 3.63) is 35.3 Å². The summed E-state index contributed by atoms with van der Waals surface area (Å²) >= 11 is 0. The van der Waals surface area contributed by atoms with Crippen molar-refractivity contribution in [2.75, 3.05) is 11.6 Å². The summed E-state index contributed by atoms with van der Waals surface area (Å²) in [5, 5.41) is 18.3. The summed E-state index contributed by atoms with van der Waals surface area (Å²) in [5.41, 5.74) is -0.0409. The lowest BCUT2D eigenvalue weighted by Crippen LogP contribution is -2.37. The van der Waals surface area contributed by atoms with Crippen molar-refractivity contribution in [3.63, 3.8) is 0 Å². The first-order chi connectivity index (χ1) is 9.36. The number of aliphatic carboxylic acids is 1. The number of alkyl halides is 3. The molecule has 104 valence electrons. The fourth-order valence-corrected chi connectivity index (χ4v) is 1.80. The molecule has 20 heavy (non-hydrogen) atoms. The Morgan fingerprint density at radius 3 is 2.80 bits per heavy atom. The third-order valence-electron chi connectivity index (χ3n) is 2.61. The van der Waals surface area contributed by atoms with Gasteiger partial charge in [0.15, 0.2) is 5.70 Å². The summed E-state index contributed by atoms with van der Waals surface area (Å²) in [5.74, 6) is -1.67. The van der Waals surface area contributed by atoms with E-state index in [0.717, 1.165) is 6.20 Å². The molecule has 2 rings (SSSR count). The molecule has 0 saturated heterocycles. The number of hydrogen-bond acceptors (Lipinski definition) is 5. The van der Waals surface area contributed by atoms with Gasteiger partial charge in [0.05, 0.1) is 16.8 Å². The lowest BCUT2D eigenvalue weighted by molar-refractivity contribution is -0.133. The number of carboxylic acid groups (broad SMARTS) is 1. The molecule has 0 spiro atoms. The summed E-state index contributed by atoms with van der Waals surface area (Å²) in [6, 6.07) is 2.90. The number of nitrogens with zero attached hydrogens (tertiary/aromatic N) is 3. The zero-order chi connectivity index (χ0) is 14.9. The number of pyridine rings is 1. The highest BCUT2D eigenvalue weighted by atomic mass is 19.4. The van der Waals surface area contributed by atoms with E-state index >= 15 is 0 Å². The van der Waals surface area contributed by atoms with Gasteiger partial charge in [0.25, 0.3) is 0 Å². The molecule has 1 aromatic rings. The number of allylic oxidation sites excluding steroid dienone is 1. The van der Waals surface area contributed by atoms with Crippen LogP contribution in [0.4, 0.5) is 18.9 Å². The van der Waals surface area contributed by atoms with Crippen LogP contribution in [0.5, 0.6) is 0 Å². The average Bonchev–Trinajstić information content (AvgIpc) is 2.83. The smallest absolute Gasteiger partial charge is 0.433 e. The Kier molecular flexibility index (Phi) is 3.33. The Hall–Kier alpha value is -2.60. The van der Waals surface area contributed by atoms with Gasteiger partial charge in [0, 0.05) is 18.9 Å². The number of carbonyl (C=O) groups is 1. The van der Waals surface area contributed by atoms with Crippen LogP contribution in [-0.4, -0.2) is 28.8 Å². The minimum atomic E-state index is -4.87. The summed E-state index contributed by atoms with van der Waals surface area (Å²) in [4.78, 5) is 14.5. The number of hydrazine groups is 1. The van der Waals surface area contributed by atoms with Crippen LogP contribution in [0.1, 0.15) is 5.56 Å². The molecule has 0 aromatic carbocycles. The number of rotatable bonds is 2. The van der Waals surface area contributed by atoms with E-state index in [-0.39, 0.29) is 11.3 Å². The lowest BCUT2D eigenvalue weighted by Gasteiger charge is -2.24. The molecule has 0 bridgehead atoms. The molecular weight excluding hydrogens is 277 g/mol. The van der Waals surface area contributed by atoms with Crippen molar-refractivity contribution in [3.8, 4) is 6.07 Å². The van der Waals surface area contributed by atoms with Crippen molar-refractivity contribution in [2.24, 2.45) is 0 Å². The van der Waals surface area contributed by atoms with Gasteiger partial charge in [-0.3, -0.25) is 9.99 Å². The zero-order valence-corrected chi connectivity index (χ0v) is 9.77. The van der Waals surface area contributed by atoms with E-state index in [9.17, 15) is 18.0 Å². The second-order valence-corrected chi connectivity index (χ2v) is 3.81. The summed E-state index contributed by atoms with van der Waals surface area (Å²) in [7, 11) is 0. The molecule has 0 saturated carbocycles. The van der Waals surface area contributed by atoms with Gasteiger partial charge < -0.3 is 5.11 Å². The van der Waals surface area contributed by atoms with Gasteiger partial charge in [-0.25, -0.2) is 10.2 Å². The molecule has 2 N–H and O–H groups in total. The van der Waals surface area contributed by atoms with Gasteiger partial charge in [0.2, 0.25) is 0 Å².